The van der Waals surface area contributed by atoms with Crippen LogP contribution < -0.4 is 15.5 Å². The van der Waals surface area contributed by atoms with E-state index in [0.717, 1.165) is 20.5 Å². The molecule has 44 heavy (non-hydrogen) atoms. The van der Waals surface area contributed by atoms with Gasteiger partial charge in [-0.15, -0.1) is 11.8 Å². The fraction of sp³-hybridized carbons (Fsp3) is 0.143. The molecule has 5 rings (SSSR count). The lowest BCUT2D eigenvalue weighted by Gasteiger charge is -2.15. The van der Waals surface area contributed by atoms with E-state index in [2.05, 4.69) is 40.4 Å². The first-order valence-electron chi connectivity index (χ1n) is 14.1. The third-order valence-corrected chi connectivity index (χ3v) is 8.71. The molecule has 1 fully saturated rings. The number of thioether (sulfide) groups is 1. The number of benzene rings is 4. The highest BCUT2D eigenvalue weighted by Gasteiger charge is 2.40. The largest absolute Gasteiger partial charge is 0.321 e. The van der Waals surface area contributed by atoms with E-state index in [9.17, 15) is 19.2 Å². The molecular formula is C35H30BrN3O4S. The zero-order valence-corrected chi connectivity index (χ0v) is 26.5. The summed E-state index contributed by atoms with van der Waals surface area (Å²) in [6.45, 7) is 4.21. The van der Waals surface area contributed by atoms with Gasteiger partial charge >= 0.3 is 0 Å². The second kappa shape index (κ2) is 13.9. The Bertz CT molecular complexity index is 1720. The van der Waals surface area contributed by atoms with Gasteiger partial charge in [0.05, 0.1) is 10.9 Å². The van der Waals surface area contributed by atoms with Gasteiger partial charge in [0.25, 0.3) is 11.8 Å². The monoisotopic (exact) mass is 667 g/mol. The molecule has 0 unspecified atom stereocenters. The molecule has 7 nitrogen and oxygen atoms in total. The molecule has 0 saturated carbocycles. The average Bonchev–Trinajstić information content (AvgIpc) is 3.29. The molecule has 1 aliphatic rings. The number of hydrogen-bond donors (Lipinski definition) is 2. The van der Waals surface area contributed by atoms with Crippen molar-refractivity contribution in [3.8, 4) is 0 Å². The van der Waals surface area contributed by atoms with Crippen LogP contribution in [0.4, 0.5) is 11.4 Å². The lowest BCUT2D eigenvalue weighted by Crippen LogP contribution is -2.31. The van der Waals surface area contributed by atoms with Crippen LogP contribution in [0.3, 0.4) is 0 Å². The lowest BCUT2D eigenvalue weighted by atomic mass is 10.0. The Labute approximate surface area is 268 Å². The molecule has 2 N–H and O–H groups in total. The summed E-state index contributed by atoms with van der Waals surface area (Å²) in [7, 11) is 0. The fourth-order valence-corrected chi connectivity index (χ4v) is 6.03. The van der Waals surface area contributed by atoms with Crippen molar-refractivity contribution in [2.45, 2.75) is 36.3 Å². The number of hydrogen-bond acceptors (Lipinski definition) is 5. The first-order valence-corrected chi connectivity index (χ1v) is 15.7. The van der Waals surface area contributed by atoms with Gasteiger partial charge in [-0.25, -0.2) is 4.90 Å². The van der Waals surface area contributed by atoms with Crippen LogP contribution in [-0.4, -0.2) is 28.9 Å². The van der Waals surface area contributed by atoms with Gasteiger partial charge in [-0.05, 0) is 77.7 Å². The summed E-state index contributed by atoms with van der Waals surface area (Å²) in [5, 5.41) is 5.04. The number of halogens is 1. The predicted octanol–water partition coefficient (Wildman–Crippen LogP) is 7.41. The molecule has 222 valence electrons. The zero-order valence-electron chi connectivity index (χ0n) is 24.1. The smallest absolute Gasteiger partial charge is 0.272 e. The Hall–Kier alpha value is -4.47. The van der Waals surface area contributed by atoms with Gasteiger partial charge in [-0.3, -0.25) is 19.2 Å². The number of rotatable bonds is 9. The van der Waals surface area contributed by atoms with E-state index in [4.69, 9.17) is 0 Å². The van der Waals surface area contributed by atoms with Crippen LogP contribution in [-0.2, 0) is 14.4 Å². The molecule has 0 aliphatic carbocycles. The summed E-state index contributed by atoms with van der Waals surface area (Å²) in [4.78, 5) is 54.4. The van der Waals surface area contributed by atoms with E-state index in [0.29, 0.717) is 22.9 Å². The predicted molar refractivity (Wildman–Crippen MR) is 178 cm³/mol. The molecule has 4 amide bonds. The maximum absolute atomic E-state index is 13.5. The van der Waals surface area contributed by atoms with Gasteiger partial charge in [-0.1, -0.05) is 78.3 Å². The molecule has 4 aromatic rings. The van der Waals surface area contributed by atoms with Crippen molar-refractivity contribution >= 4 is 68.8 Å². The fourth-order valence-electron chi connectivity index (χ4n) is 4.65. The third-order valence-electron chi connectivity index (χ3n) is 7.00. The lowest BCUT2D eigenvalue weighted by molar-refractivity contribution is -0.121. The number of carbonyl (C=O) groups is 4. The third kappa shape index (κ3) is 7.53. The second-order valence-corrected chi connectivity index (χ2v) is 12.7. The van der Waals surface area contributed by atoms with Gasteiger partial charge in [0.1, 0.15) is 5.70 Å². The van der Waals surface area contributed by atoms with Crippen LogP contribution in [0.5, 0.6) is 0 Å². The minimum absolute atomic E-state index is 0.0736. The van der Waals surface area contributed by atoms with Gasteiger partial charge in [0.2, 0.25) is 11.8 Å². The van der Waals surface area contributed by atoms with Crippen molar-refractivity contribution in [2.24, 2.45) is 0 Å². The Morgan fingerprint density at radius 3 is 2.30 bits per heavy atom. The number of imide groups is 1. The first-order chi connectivity index (χ1) is 21.2. The van der Waals surface area contributed by atoms with Crippen LogP contribution in [0.2, 0.25) is 0 Å². The highest BCUT2D eigenvalue weighted by molar-refractivity contribution is 9.10. The Morgan fingerprint density at radius 2 is 1.61 bits per heavy atom. The van der Waals surface area contributed by atoms with E-state index < -0.39 is 17.1 Å². The van der Waals surface area contributed by atoms with Crippen LogP contribution in [0.1, 0.15) is 47.7 Å². The SMILES string of the molecule is CC(C)c1ccc(/C=C(\NC(=O)c2ccccc2)C(=O)Nc2cccc(S[C@@H]3CC(=O)N(c4ccc(Br)cc4)C3=O)c2)cc1. The van der Waals surface area contributed by atoms with Gasteiger partial charge in [0.15, 0.2) is 0 Å². The molecule has 1 atom stereocenters. The highest BCUT2D eigenvalue weighted by Crippen LogP contribution is 2.35. The number of nitrogens with zero attached hydrogens (tertiary/aromatic N) is 1. The minimum Gasteiger partial charge on any atom is -0.321 e. The molecule has 0 spiro atoms. The standard InChI is InChI=1S/C35H30BrN3O4S/c1-22(2)24-13-11-23(12-14-24)19-30(38-33(41)25-7-4-3-5-8-25)34(42)37-27-9-6-10-29(20-27)44-31-21-32(40)39(35(31)43)28-17-15-26(36)16-18-28/h3-20,22,31H,21H2,1-2H3,(H,37,42)(H,38,41)/b30-19-/t31-/m1/s1. The number of amides is 4. The van der Waals surface area contributed by atoms with Crippen molar-refractivity contribution in [2.75, 3.05) is 10.2 Å². The van der Waals surface area contributed by atoms with Crippen LogP contribution >= 0.6 is 27.7 Å². The summed E-state index contributed by atoms with van der Waals surface area (Å²) in [5.41, 5.74) is 3.44. The summed E-state index contributed by atoms with van der Waals surface area (Å²) in [5.74, 6) is -1.09. The summed E-state index contributed by atoms with van der Waals surface area (Å²) < 4.78 is 0.854. The Morgan fingerprint density at radius 1 is 0.909 bits per heavy atom. The maximum Gasteiger partial charge on any atom is 0.272 e. The van der Waals surface area contributed by atoms with Crippen molar-refractivity contribution in [3.63, 3.8) is 0 Å². The van der Waals surface area contributed by atoms with E-state index >= 15 is 0 Å². The maximum atomic E-state index is 13.5. The van der Waals surface area contributed by atoms with Crippen molar-refractivity contribution in [1.29, 1.82) is 0 Å². The van der Waals surface area contributed by atoms with Crippen molar-refractivity contribution in [3.05, 3.63) is 130 Å². The second-order valence-electron chi connectivity index (χ2n) is 10.5. The first kappa shape index (κ1) is 31.0. The van der Waals surface area contributed by atoms with E-state index in [1.54, 1.807) is 72.8 Å². The number of nitrogens with one attached hydrogen (secondary N) is 2. The highest BCUT2D eigenvalue weighted by atomic mass is 79.9. The van der Waals surface area contributed by atoms with E-state index in [1.807, 2.05) is 36.4 Å². The van der Waals surface area contributed by atoms with Gasteiger partial charge in [-0.2, -0.15) is 0 Å². The Balaban J connectivity index is 1.33. The van der Waals surface area contributed by atoms with Crippen molar-refractivity contribution in [1.82, 2.24) is 5.32 Å². The van der Waals surface area contributed by atoms with Crippen molar-refractivity contribution < 1.29 is 19.2 Å². The van der Waals surface area contributed by atoms with Crippen LogP contribution in [0.15, 0.2) is 118 Å². The zero-order chi connectivity index (χ0) is 31.2. The summed E-state index contributed by atoms with van der Waals surface area (Å²) in [6, 6.07) is 30.6. The van der Waals surface area contributed by atoms with E-state index in [1.165, 1.54) is 16.7 Å². The molecule has 0 bridgehead atoms. The topological polar surface area (TPSA) is 95.6 Å². The summed E-state index contributed by atoms with van der Waals surface area (Å²) in [6.07, 6.45) is 1.71. The molecule has 1 aliphatic heterocycles. The quantitative estimate of drug-likeness (QED) is 0.143. The molecular weight excluding hydrogens is 638 g/mol. The molecule has 9 heteroatoms. The van der Waals surface area contributed by atoms with Gasteiger partial charge < -0.3 is 10.6 Å². The van der Waals surface area contributed by atoms with Crippen LogP contribution in [0.25, 0.3) is 6.08 Å². The van der Waals surface area contributed by atoms with Crippen LogP contribution in [0, 0.1) is 0 Å². The van der Waals surface area contributed by atoms with Gasteiger partial charge in [0, 0.05) is 27.0 Å². The molecule has 1 heterocycles. The summed E-state index contributed by atoms with van der Waals surface area (Å²) >= 11 is 4.64. The molecule has 1 saturated heterocycles. The normalized spacial score (nSPS) is 15.0. The molecule has 4 aromatic carbocycles. The molecule has 0 aromatic heterocycles. The minimum atomic E-state index is -0.591. The molecule has 0 radical (unpaired) electrons. The average molecular weight is 669 g/mol. The van der Waals surface area contributed by atoms with E-state index in [-0.39, 0.29) is 23.9 Å². The number of carbonyl (C=O) groups excluding carboxylic acids is 4. The Kier molecular flexibility index (Phi) is 9.77. The number of anilines is 2.